The Hall–Kier alpha value is -1.69. The van der Waals surface area contributed by atoms with Gasteiger partial charge in [-0.3, -0.25) is 0 Å². The fourth-order valence-electron chi connectivity index (χ4n) is 2.84. The van der Waals surface area contributed by atoms with E-state index in [9.17, 15) is 5.26 Å². The van der Waals surface area contributed by atoms with Gasteiger partial charge in [-0.05, 0) is 24.4 Å². The van der Waals surface area contributed by atoms with E-state index in [-0.39, 0.29) is 11.2 Å². The van der Waals surface area contributed by atoms with Crippen molar-refractivity contribution in [3.8, 4) is 6.07 Å². The molecule has 2 N–H and O–H groups in total. The van der Waals surface area contributed by atoms with E-state index in [0.29, 0.717) is 44.8 Å². The molecule has 8 nitrogen and oxygen atoms in total. The summed E-state index contributed by atoms with van der Waals surface area (Å²) in [7, 11) is 1.69. The van der Waals surface area contributed by atoms with Crippen LogP contribution in [0.25, 0.3) is 0 Å². The molecule has 1 aromatic rings. The lowest BCUT2D eigenvalue weighted by Crippen LogP contribution is -2.47. The summed E-state index contributed by atoms with van der Waals surface area (Å²) in [6.07, 6.45) is 2.49. The van der Waals surface area contributed by atoms with Crippen molar-refractivity contribution < 1.29 is 9.47 Å². The Morgan fingerprint density at radius 3 is 2.32 bits per heavy atom. The summed E-state index contributed by atoms with van der Waals surface area (Å²) in [6.45, 7) is 1.23. The van der Waals surface area contributed by atoms with Gasteiger partial charge in [0.2, 0.25) is 17.2 Å². The van der Waals surface area contributed by atoms with Gasteiger partial charge in [0, 0.05) is 19.9 Å². The standard InChI is InChI=1S/C13H17ClN6O2/c1-16-10-17-9(14)18-11(19-10)20-12(8-15)2-4-13(5-3-12)21-6-7-22-13/h2-7H2,1H3,(H2,16,17,18,19,20). The van der Waals surface area contributed by atoms with Crippen LogP contribution in [0.5, 0.6) is 0 Å². The molecule has 1 aromatic heterocycles. The molecule has 1 spiro atoms. The molecule has 2 fully saturated rings. The number of ether oxygens (including phenoxy) is 2. The van der Waals surface area contributed by atoms with Crippen molar-refractivity contribution in [2.75, 3.05) is 30.9 Å². The molecule has 2 heterocycles. The van der Waals surface area contributed by atoms with E-state index < -0.39 is 11.3 Å². The van der Waals surface area contributed by atoms with Gasteiger partial charge in [-0.2, -0.15) is 20.2 Å². The van der Waals surface area contributed by atoms with E-state index in [1.54, 1.807) is 7.05 Å². The zero-order valence-electron chi connectivity index (χ0n) is 12.2. The fraction of sp³-hybridized carbons (Fsp3) is 0.692. The molecule has 118 valence electrons. The predicted octanol–water partition coefficient (Wildman–Crippen LogP) is 1.56. The average molecular weight is 325 g/mol. The Morgan fingerprint density at radius 2 is 1.73 bits per heavy atom. The van der Waals surface area contributed by atoms with E-state index in [2.05, 4.69) is 31.7 Å². The molecular formula is C13H17ClN6O2. The molecule has 1 aliphatic carbocycles. The number of anilines is 2. The second kappa shape index (κ2) is 5.83. The van der Waals surface area contributed by atoms with Gasteiger partial charge in [-0.1, -0.05) is 0 Å². The smallest absolute Gasteiger partial charge is 0.230 e. The fourth-order valence-corrected chi connectivity index (χ4v) is 3.00. The van der Waals surface area contributed by atoms with Crippen LogP contribution < -0.4 is 10.6 Å². The first-order valence-corrected chi connectivity index (χ1v) is 7.53. The van der Waals surface area contributed by atoms with E-state index in [0.717, 1.165) is 0 Å². The second-order valence-electron chi connectivity index (χ2n) is 5.43. The first-order valence-electron chi connectivity index (χ1n) is 7.15. The summed E-state index contributed by atoms with van der Waals surface area (Å²) in [5.41, 5.74) is -0.754. The molecular weight excluding hydrogens is 308 g/mol. The number of aromatic nitrogens is 3. The largest absolute Gasteiger partial charge is 0.357 e. The molecule has 0 aromatic carbocycles. The summed E-state index contributed by atoms with van der Waals surface area (Å²) in [5.74, 6) is 0.120. The second-order valence-corrected chi connectivity index (χ2v) is 5.77. The monoisotopic (exact) mass is 324 g/mol. The lowest BCUT2D eigenvalue weighted by molar-refractivity contribution is -0.180. The lowest BCUT2D eigenvalue weighted by Gasteiger charge is -2.40. The third-order valence-electron chi connectivity index (χ3n) is 4.08. The van der Waals surface area contributed by atoms with E-state index in [4.69, 9.17) is 21.1 Å². The van der Waals surface area contributed by atoms with Crippen LogP contribution in [-0.2, 0) is 9.47 Å². The highest BCUT2D eigenvalue weighted by molar-refractivity contribution is 6.28. The number of hydrogen-bond acceptors (Lipinski definition) is 8. The van der Waals surface area contributed by atoms with Gasteiger partial charge in [0.05, 0.1) is 19.3 Å². The summed E-state index contributed by atoms with van der Waals surface area (Å²) in [4.78, 5) is 12.1. The molecule has 3 rings (SSSR count). The minimum atomic E-state index is -0.754. The van der Waals surface area contributed by atoms with Crippen molar-refractivity contribution in [1.29, 1.82) is 5.26 Å². The zero-order valence-corrected chi connectivity index (χ0v) is 13.0. The number of hydrogen-bond donors (Lipinski definition) is 2. The number of nitriles is 1. The number of nitrogens with zero attached hydrogens (tertiary/aromatic N) is 4. The minimum absolute atomic E-state index is 0.0738. The van der Waals surface area contributed by atoms with Gasteiger partial charge in [-0.15, -0.1) is 0 Å². The van der Waals surface area contributed by atoms with Crippen molar-refractivity contribution in [3.63, 3.8) is 0 Å². The van der Waals surface area contributed by atoms with Crippen LogP contribution in [-0.4, -0.2) is 46.5 Å². The van der Waals surface area contributed by atoms with E-state index >= 15 is 0 Å². The average Bonchev–Trinajstić information content (AvgIpc) is 2.98. The molecule has 0 atom stereocenters. The maximum Gasteiger partial charge on any atom is 0.230 e. The Labute approximate surface area is 133 Å². The van der Waals surface area contributed by atoms with Crippen molar-refractivity contribution in [2.45, 2.75) is 37.0 Å². The van der Waals surface area contributed by atoms with Crippen molar-refractivity contribution >= 4 is 23.5 Å². The van der Waals surface area contributed by atoms with Crippen LogP contribution in [0.1, 0.15) is 25.7 Å². The third-order valence-corrected chi connectivity index (χ3v) is 4.24. The molecule has 1 saturated heterocycles. The Balaban J connectivity index is 1.75. The van der Waals surface area contributed by atoms with Crippen molar-refractivity contribution in [1.82, 2.24) is 15.0 Å². The normalized spacial score (nSPS) is 22.2. The summed E-state index contributed by atoms with van der Waals surface area (Å²) < 4.78 is 11.4. The molecule has 0 radical (unpaired) electrons. The van der Waals surface area contributed by atoms with Gasteiger partial charge >= 0.3 is 0 Å². The molecule has 0 bridgehead atoms. The van der Waals surface area contributed by atoms with Crippen molar-refractivity contribution in [3.05, 3.63) is 5.28 Å². The van der Waals surface area contributed by atoms with Crippen LogP contribution in [0, 0.1) is 11.3 Å². The molecule has 0 amide bonds. The third kappa shape index (κ3) is 2.92. The van der Waals surface area contributed by atoms with E-state index in [1.807, 2.05) is 0 Å². The first kappa shape index (κ1) is 15.2. The lowest BCUT2D eigenvalue weighted by atomic mass is 9.79. The number of rotatable bonds is 3. The molecule has 9 heteroatoms. The molecule has 0 unspecified atom stereocenters. The van der Waals surface area contributed by atoms with Crippen LogP contribution in [0.2, 0.25) is 5.28 Å². The Morgan fingerprint density at radius 1 is 1.09 bits per heavy atom. The molecule has 22 heavy (non-hydrogen) atoms. The maximum atomic E-state index is 9.62. The topological polar surface area (TPSA) is 105 Å². The number of nitrogens with one attached hydrogen (secondary N) is 2. The van der Waals surface area contributed by atoms with Gasteiger partial charge in [-0.25, -0.2) is 0 Å². The Kier molecular flexibility index (Phi) is 4.04. The van der Waals surface area contributed by atoms with E-state index in [1.165, 1.54) is 0 Å². The van der Waals surface area contributed by atoms with Gasteiger partial charge in [0.1, 0.15) is 5.54 Å². The number of halogens is 1. The van der Waals surface area contributed by atoms with Crippen LogP contribution in [0.3, 0.4) is 0 Å². The quantitative estimate of drug-likeness (QED) is 0.863. The minimum Gasteiger partial charge on any atom is -0.357 e. The van der Waals surface area contributed by atoms with Gasteiger partial charge < -0.3 is 20.1 Å². The SMILES string of the molecule is CNc1nc(Cl)nc(NC2(C#N)CCC3(CC2)OCCO3)n1. The highest BCUT2D eigenvalue weighted by Gasteiger charge is 2.47. The highest BCUT2D eigenvalue weighted by Crippen LogP contribution is 2.41. The van der Waals surface area contributed by atoms with Crippen LogP contribution in [0.15, 0.2) is 0 Å². The van der Waals surface area contributed by atoms with Crippen molar-refractivity contribution in [2.24, 2.45) is 0 Å². The first-order chi connectivity index (χ1) is 10.6. The summed E-state index contributed by atoms with van der Waals surface area (Å²) >= 11 is 5.87. The molecule has 1 saturated carbocycles. The highest BCUT2D eigenvalue weighted by atomic mass is 35.5. The Bertz CT molecular complexity index is 589. The molecule has 2 aliphatic rings. The van der Waals surface area contributed by atoms with Gasteiger partial charge in [0.15, 0.2) is 5.79 Å². The summed E-state index contributed by atoms with van der Waals surface area (Å²) in [5, 5.41) is 15.6. The van der Waals surface area contributed by atoms with Crippen LogP contribution in [0.4, 0.5) is 11.9 Å². The molecule has 1 aliphatic heterocycles. The zero-order chi connectivity index (χ0) is 15.6. The maximum absolute atomic E-state index is 9.62. The van der Waals surface area contributed by atoms with Crippen LogP contribution >= 0.6 is 11.6 Å². The summed E-state index contributed by atoms with van der Waals surface area (Å²) in [6, 6.07) is 2.34. The van der Waals surface area contributed by atoms with Gasteiger partial charge in [0.25, 0.3) is 0 Å². The predicted molar refractivity (Wildman–Crippen MR) is 79.5 cm³/mol.